The summed E-state index contributed by atoms with van der Waals surface area (Å²) in [6, 6.07) is 3.80. The molecule has 9 nitrogen and oxygen atoms in total. The van der Waals surface area contributed by atoms with Crippen molar-refractivity contribution in [2.45, 2.75) is 91.0 Å². The molecule has 0 aliphatic rings. The van der Waals surface area contributed by atoms with Gasteiger partial charge in [0.2, 0.25) is 11.8 Å². The molecule has 0 radical (unpaired) electrons. The monoisotopic (exact) mass is 479 g/mol. The second-order valence-electron chi connectivity index (χ2n) is 9.86. The second kappa shape index (κ2) is 12.6. The third kappa shape index (κ3) is 8.20. The number of para-hydroxylation sites is 1. The van der Waals surface area contributed by atoms with Crippen LogP contribution in [0.1, 0.15) is 79.3 Å². The molecule has 192 valence electrons. The molecule has 3 amide bonds. The molecule has 0 spiro atoms. The molecule has 2 atom stereocenters. The number of hydrogen-bond acceptors (Lipinski definition) is 6. The lowest BCUT2D eigenvalue weighted by Gasteiger charge is -2.44. The minimum Gasteiger partial charge on any atom is -0.508 e. The third-order valence-electron chi connectivity index (χ3n) is 5.49. The average Bonchev–Trinajstić information content (AvgIpc) is 2.74. The van der Waals surface area contributed by atoms with Crippen LogP contribution in [0.25, 0.3) is 0 Å². The number of unbranched alkanes of at least 4 members (excludes halogenated alkanes) is 1. The van der Waals surface area contributed by atoms with Gasteiger partial charge in [-0.15, -0.1) is 0 Å². The number of phenolic OH excluding ortho intramolecular Hbond substituents is 1. The van der Waals surface area contributed by atoms with Gasteiger partial charge in [0, 0.05) is 17.6 Å². The number of hydrogen-bond donors (Lipinski definition) is 4. The van der Waals surface area contributed by atoms with Crippen LogP contribution in [0.5, 0.6) is 5.75 Å². The van der Waals surface area contributed by atoms with Crippen LogP contribution in [-0.2, 0) is 14.3 Å². The molecule has 1 aromatic carbocycles. The van der Waals surface area contributed by atoms with Crippen LogP contribution < -0.4 is 10.6 Å². The highest BCUT2D eigenvalue weighted by Gasteiger charge is 2.43. The number of nitrogens with one attached hydrogen (secondary N) is 2. The first-order valence-corrected chi connectivity index (χ1v) is 11.8. The number of nitrogens with zero attached hydrogens (tertiary/aromatic N) is 1. The molecule has 1 rings (SSSR count). The Morgan fingerprint density at radius 3 is 2.21 bits per heavy atom. The number of rotatable bonds is 11. The van der Waals surface area contributed by atoms with Crippen LogP contribution in [0.15, 0.2) is 24.3 Å². The van der Waals surface area contributed by atoms with Crippen LogP contribution in [0.4, 0.5) is 4.79 Å². The zero-order valence-electron chi connectivity index (χ0n) is 21.5. The van der Waals surface area contributed by atoms with E-state index in [1.807, 2.05) is 13.8 Å². The summed E-state index contributed by atoms with van der Waals surface area (Å²) in [7, 11) is 0. The Morgan fingerprint density at radius 1 is 1.09 bits per heavy atom. The van der Waals surface area contributed by atoms with E-state index in [0.717, 1.165) is 12.8 Å². The zero-order chi connectivity index (χ0) is 26.1. The number of carbonyl (C=O) groups is 3. The summed E-state index contributed by atoms with van der Waals surface area (Å²) in [5.74, 6) is -1.26. The van der Waals surface area contributed by atoms with Crippen LogP contribution in [0, 0.1) is 0 Å². The topological polar surface area (TPSA) is 128 Å². The molecule has 0 aliphatic carbocycles. The van der Waals surface area contributed by atoms with Gasteiger partial charge in [0.1, 0.15) is 23.4 Å². The summed E-state index contributed by atoms with van der Waals surface area (Å²) in [4.78, 5) is 40.9. The first-order chi connectivity index (χ1) is 15.8. The SMILES string of the molecule is CCCCNC(=O)C(c1ccccc1O)N(C(=O)C(CO)NC(=O)OC(C)(C)C)C(C)(C)CC. The highest BCUT2D eigenvalue weighted by atomic mass is 16.6. The highest BCUT2D eigenvalue weighted by molar-refractivity contribution is 5.93. The lowest BCUT2D eigenvalue weighted by atomic mass is 9.91. The number of amides is 3. The van der Waals surface area contributed by atoms with Crippen molar-refractivity contribution in [2.24, 2.45) is 0 Å². The van der Waals surface area contributed by atoms with E-state index in [-0.39, 0.29) is 11.3 Å². The Bertz CT molecular complexity index is 834. The van der Waals surface area contributed by atoms with Gasteiger partial charge in [-0.1, -0.05) is 38.5 Å². The number of aromatic hydroxyl groups is 1. The number of aliphatic hydroxyl groups is 1. The molecule has 0 aromatic heterocycles. The first-order valence-electron chi connectivity index (χ1n) is 11.8. The third-order valence-corrected chi connectivity index (χ3v) is 5.49. The van der Waals surface area contributed by atoms with Crippen molar-refractivity contribution >= 4 is 17.9 Å². The molecule has 0 saturated heterocycles. The Kier molecular flexibility index (Phi) is 10.8. The summed E-state index contributed by atoms with van der Waals surface area (Å²) in [5, 5.41) is 25.8. The van der Waals surface area contributed by atoms with Gasteiger partial charge in [0.15, 0.2) is 0 Å². The van der Waals surface area contributed by atoms with Crippen LogP contribution in [-0.4, -0.2) is 63.4 Å². The van der Waals surface area contributed by atoms with Crippen molar-refractivity contribution in [2.75, 3.05) is 13.2 Å². The minimum atomic E-state index is -1.35. The quantitative estimate of drug-likeness (QED) is 0.361. The molecule has 2 unspecified atom stereocenters. The number of benzene rings is 1. The van der Waals surface area contributed by atoms with Crippen molar-refractivity contribution in [1.82, 2.24) is 15.5 Å². The molecule has 34 heavy (non-hydrogen) atoms. The van der Waals surface area contributed by atoms with Crippen molar-refractivity contribution in [1.29, 1.82) is 0 Å². The van der Waals surface area contributed by atoms with E-state index in [1.165, 1.54) is 11.0 Å². The smallest absolute Gasteiger partial charge is 0.408 e. The van der Waals surface area contributed by atoms with Gasteiger partial charge in [-0.05, 0) is 53.5 Å². The molecule has 4 N–H and O–H groups in total. The van der Waals surface area contributed by atoms with Crippen LogP contribution >= 0.6 is 0 Å². The molecule has 9 heteroatoms. The summed E-state index contributed by atoms with van der Waals surface area (Å²) >= 11 is 0. The van der Waals surface area contributed by atoms with Gasteiger partial charge >= 0.3 is 6.09 Å². The maximum Gasteiger partial charge on any atom is 0.408 e. The van der Waals surface area contributed by atoms with Crippen LogP contribution in [0.3, 0.4) is 0 Å². The molecular weight excluding hydrogens is 438 g/mol. The molecule has 0 heterocycles. The maximum absolute atomic E-state index is 13.8. The summed E-state index contributed by atoms with van der Waals surface area (Å²) in [6.45, 7) is 12.2. The average molecular weight is 480 g/mol. The number of carbonyl (C=O) groups excluding carboxylic acids is 3. The van der Waals surface area contributed by atoms with E-state index < -0.39 is 47.7 Å². The normalized spacial score (nSPS) is 13.5. The summed E-state index contributed by atoms with van der Waals surface area (Å²) < 4.78 is 5.24. The van der Waals surface area contributed by atoms with Crippen molar-refractivity contribution in [3.63, 3.8) is 0 Å². The molecular formula is C25H41N3O6. The van der Waals surface area contributed by atoms with Crippen molar-refractivity contribution < 1.29 is 29.3 Å². The highest BCUT2D eigenvalue weighted by Crippen LogP contribution is 2.35. The predicted molar refractivity (Wildman–Crippen MR) is 130 cm³/mol. The largest absolute Gasteiger partial charge is 0.508 e. The first kappa shape index (κ1) is 29.2. The Balaban J connectivity index is 3.50. The van der Waals surface area contributed by atoms with Gasteiger partial charge in [0.25, 0.3) is 0 Å². The summed E-state index contributed by atoms with van der Waals surface area (Å²) in [5.41, 5.74) is -1.41. The fourth-order valence-corrected chi connectivity index (χ4v) is 3.35. The van der Waals surface area contributed by atoms with Crippen molar-refractivity contribution in [3.8, 4) is 5.75 Å². The molecule has 0 aliphatic heterocycles. The van der Waals surface area contributed by atoms with E-state index in [2.05, 4.69) is 10.6 Å². The second-order valence-corrected chi connectivity index (χ2v) is 9.86. The molecule has 0 fully saturated rings. The van der Waals surface area contributed by atoms with E-state index >= 15 is 0 Å². The number of aliphatic hydroxyl groups excluding tert-OH is 1. The van der Waals surface area contributed by atoms with Crippen molar-refractivity contribution in [3.05, 3.63) is 29.8 Å². The number of alkyl carbamates (subject to hydrolysis) is 1. The lowest BCUT2D eigenvalue weighted by molar-refractivity contribution is -0.150. The van der Waals surface area contributed by atoms with Gasteiger partial charge in [-0.2, -0.15) is 0 Å². The van der Waals surface area contributed by atoms with Gasteiger partial charge in [-0.25, -0.2) is 4.79 Å². The molecule has 0 bridgehead atoms. The fourth-order valence-electron chi connectivity index (χ4n) is 3.35. The zero-order valence-corrected chi connectivity index (χ0v) is 21.5. The Morgan fingerprint density at radius 2 is 1.71 bits per heavy atom. The summed E-state index contributed by atoms with van der Waals surface area (Å²) in [6.07, 6.45) is 1.23. The lowest BCUT2D eigenvalue weighted by Crippen LogP contribution is -2.60. The van der Waals surface area contributed by atoms with E-state index in [0.29, 0.717) is 13.0 Å². The maximum atomic E-state index is 13.8. The number of phenols is 1. The Hall–Kier alpha value is -2.81. The van der Waals surface area contributed by atoms with E-state index in [9.17, 15) is 24.6 Å². The molecule has 0 saturated carbocycles. The standard InChI is InChI=1S/C25H41N3O6/c1-8-10-15-26-21(31)20(17-13-11-12-14-19(17)30)28(25(6,7)9-2)22(32)18(16-29)27-23(33)34-24(3,4)5/h11-14,18,20,29-30H,8-10,15-16H2,1-7H3,(H,26,31)(H,27,33). The molecule has 1 aromatic rings. The fraction of sp³-hybridized carbons (Fsp3) is 0.640. The van der Waals surface area contributed by atoms with Gasteiger partial charge in [-0.3, -0.25) is 9.59 Å². The van der Waals surface area contributed by atoms with Gasteiger partial charge < -0.3 is 30.5 Å². The van der Waals surface area contributed by atoms with Crippen LogP contribution in [0.2, 0.25) is 0 Å². The van der Waals surface area contributed by atoms with E-state index in [1.54, 1.807) is 52.8 Å². The predicted octanol–water partition coefficient (Wildman–Crippen LogP) is 3.25. The Labute approximate surface area is 202 Å². The van der Waals surface area contributed by atoms with Gasteiger partial charge in [0.05, 0.1) is 6.61 Å². The number of ether oxygens (including phenoxy) is 1. The van der Waals surface area contributed by atoms with E-state index in [4.69, 9.17) is 4.74 Å². The minimum absolute atomic E-state index is 0.136.